The molecule has 0 aromatic carbocycles. The van der Waals surface area contributed by atoms with Crippen LogP contribution in [0.5, 0.6) is 0 Å². The van der Waals surface area contributed by atoms with E-state index in [0.717, 1.165) is 5.39 Å². The number of aromatic nitrogens is 5. The number of nitrogens with two attached hydrogens (primary N) is 1. The summed E-state index contributed by atoms with van der Waals surface area (Å²) in [4.78, 5) is 16.1. The van der Waals surface area contributed by atoms with Crippen LogP contribution in [0.4, 0.5) is 16.2 Å². The predicted molar refractivity (Wildman–Crippen MR) is 119 cm³/mol. The summed E-state index contributed by atoms with van der Waals surface area (Å²) in [7, 11) is 2.19. The van der Waals surface area contributed by atoms with E-state index in [4.69, 9.17) is 15.0 Å². The first-order valence-corrected chi connectivity index (χ1v) is 10.1. The normalized spacial score (nSPS) is 12.2. The topological polar surface area (TPSA) is 142 Å². The van der Waals surface area contributed by atoms with E-state index in [1.807, 2.05) is 19.9 Å². The number of rotatable bonds is 6. The van der Waals surface area contributed by atoms with Gasteiger partial charge >= 0.3 is 6.09 Å². The second-order valence-electron chi connectivity index (χ2n) is 7.15. The minimum atomic E-state index is -0.580. The molecule has 0 saturated heterocycles. The molecule has 1 amide bonds. The summed E-state index contributed by atoms with van der Waals surface area (Å²) in [6.45, 7) is 9.96. The third-order valence-electron chi connectivity index (χ3n) is 3.81. The number of hydrogen-bond acceptors (Lipinski definition) is 9. The number of hydrogen-bond donors (Lipinski definition) is 3. The minimum absolute atomic E-state index is 0.255. The van der Waals surface area contributed by atoms with Crippen LogP contribution in [0.15, 0.2) is 18.5 Å². The van der Waals surface area contributed by atoms with Gasteiger partial charge in [0.15, 0.2) is 0 Å². The number of carbonyl (C=O) groups is 1. The van der Waals surface area contributed by atoms with Gasteiger partial charge in [-0.15, -0.1) is 5.10 Å². The molecule has 4 N–H and O–H groups in total. The van der Waals surface area contributed by atoms with Gasteiger partial charge in [0.2, 0.25) is 5.65 Å². The third kappa shape index (κ3) is 5.64. The van der Waals surface area contributed by atoms with Crippen molar-refractivity contribution in [2.24, 2.45) is 0 Å². The summed E-state index contributed by atoms with van der Waals surface area (Å²) in [5.74, 6) is 0. The molecule has 0 aliphatic rings. The number of nitrogens with zero attached hydrogens (tertiary/aromatic N) is 5. The van der Waals surface area contributed by atoms with E-state index >= 15 is 0 Å². The Morgan fingerprint density at radius 2 is 2.10 bits per heavy atom. The molecular weight excluding hydrogens is 407 g/mol. The van der Waals surface area contributed by atoms with E-state index in [-0.39, 0.29) is 12.6 Å². The van der Waals surface area contributed by atoms with Gasteiger partial charge in [0.05, 0.1) is 30.0 Å². The molecule has 2 unspecified atom stereocenters. The molecule has 0 saturated carbocycles. The maximum Gasteiger partial charge on any atom is 0.407 e. The highest BCUT2D eigenvalue weighted by molar-refractivity contribution is 7.09. The number of anilines is 2. The standard InChI is InChI=1S/C16H23N8O3P.C2H6/c1-16(2,3)27-15(25)19-6-9(8-26-28)20-13-10-4-5-18-7-11(10)24-14(12(13)17)21-22-23-24;1-2/h4-5,7,9,20H,6,8,17,28H2,1-3H3,(H,19,25);1-2H3. The Kier molecular flexibility index (Phi) is 8.08. The molecule has 0 fully saturated rings. The molecule has 12 heteroatoms. The van der Waals surface area contributed by atoms with Crippen molar-refractivity contribution in [2.75, 3.05) is 24.2 Å². The fourth-order valence-electron chi connectivity index (χ4n) is 2.69. The lowest BCUT2D eigenvalue weighted by molar-refractivity contribution is 0.0524. The fourth-order valence-corrected chi connectivity index (χ4v) is 2.92. The van der Waals surface area contributed by atoms with Crippen molar-refractivity contribution in [3.05, 3.63) is 18.5 Å². The fraction of sp³-hybridized carbons (Fsp3) is 0.500. The number of nitrogen functional groups attached to an aromatic ring is 1. The lowest BCUT2D eigenvalue weighted by Crippen LogP contribution is -2.41. The van der Waals surface area contributed by atoms with Crippen LogP contribution >= 0.6 is 9.47 Å². The highest BCUT2D eigenvalue weighted by Gasteiger charge is 2.20. The second kappa shape index (κ2) is 10.3. The van der Waals surface area contributed by atoms with Crippen LogP contribution in [0.1, 0.15) is 34.6 Å². The van der Waals surface area contributed by atoms with Crippen molar-refractivity contribution < 1.29 is 14.1 Å². The lowest BCUT2D eigenvalue weighted by atomic mass is 10.1. The van der Waals surface area contributed by atoms with Gasteiger partial charge in [0.25, 0.3) is 0 Å². The van der Waals surface area contributed by atoms with E-state index in [0.29, 0.717) is 29.1 Å². The van der Waals surface area contributed by atoms with Gasteiger partial charge in [0.1, 0.15) is 11.3 Å². The molecule has 0 spiro atoms. The first-order valence-electron chi connectivity index (χ1n) is 9.58. The van der Waals surface area contributed by atoms with Crippen molar-refractivity contribution in [2.45, 2.75) is 46.3 Å². The Labute approximate surface area is 177 Å². The van der Waals surface area contributed by atoms with E-state index < -0.39 is 11.7 Å². The van der Waals surface area contributed by atoms with Crippen LogP contribution in [0.3, 0.4) is 0 Å². The van der Waals surface area contributed by atoms with Gasteiger partial charge in [-0.3, -0.25) is 4.98 Å². The molecule has 11 nitrogen and oxygen atoms in total. The molecule has 164 valence electrons. The molecule has 0 bridgehead atoms. The number of carbonyl (C=O) groups excluding carboxylic acids is 1. The Bertz CT molecular complexity index is 989. The first kappa shape index (κ1) is 23.5. The molecule has 0 aliphatic carbocycles. The first-order chi connectivity index (χ1) is 14.3. The molecular formula is C18H29N8O3P. The molecule has 0 aliphatic heterocycles. The monoisotopic (exact) mass is 436 g/mol. The van der Waals surface area contributed by atoms with Crippen LogP contribution in [-0.2, 0) is 9.26 Å². The summed E-state index contributed by atoms with van der Waals surface area (Å²) in [5, 5.41) is 18.5. The molecule has 30 heavy (non-hydrogen) atoms. The molecule has 3 rings (SSSR count). The van der Waals surface area contributed by atoms with Gasteiger partial charge in [-0.1, -0.05) is 13.8 Å². The molecule has 2 atom stereocenters. The van der Waals surface area contributed by atoms with Crippen molar-refractivity contribution >= 4 is 43.5 Å². The molecule has 0 radical (unpaired) electrons. The smallest absolute Gasteiger partial charge is 0.407 e. The summed E-state index contributed by atoms with van der Waals surface area (Å²) < 4.78 is 12.0. The van der Waals surface area contributed by atoms with Crippen LogP contribution in [0.2, 0.25) is 0 Å². The lowest BCUT2D eigenvalue weighted by Gasteiger charge is -2.24. The van der Waals surface area contributed by atoms with Crippen LogP contribution in [-0.4, -0.2) is 55.9 Å². The summed E-state index contributed by atoms with van der Waals surface area (Å²) in [6, 6.07) is 1.52. The quantitative estimate of drug-likeness (QED) is 0.497. The Morgan fingerprint density at radius 3 is 2.77 bits per heavy atom. The highest BCUT2D eigenvalue weighted by atomic mass is 31.0. The largest absolute Gasteiger partial charge is 0.444 e. The van der Waals surface area contributed by atoms with Gasteiger partial charge < -0.3 is 25.6 Å². The molecule has 3 heterocycles. The maximum absolute atomic E-state index is 12.0. The molecule has 3 aromatic rings. The van der Waals surface area contributed by atoms with Crippen molar-refractivity contribution in [1.82, 2.24) is 30.3 Å². The second-order valence-corrected chi connectivity index (χ2v) is 7.49. The minimum Gasteiger partial charge on any atom is -0.444 e. The maximum atomic E-state index is 12.0. The van der Waals surface area contributed by atoms with Gasteiger partial charge in [-0.25, -0.2) is 4.79 Å². The van der Waals surface area contributed by atoms with Gasteiger partial charge in [-0.2, -0.15) is 4.52 Å². The number of nitrogens with one attached hydrogen (secondary N) is 2. The van der Waals surface area contributed by atoms with Crippen molar-refractivity contribution in [3.63, 3.8) is 0 Å². The third-order valence-corrected chi connectivity index (χ3v) is 4.01. The Balaban J connectivity index is 0.00000155. The number of tetrazole rings is 1. The zero-order valence-electron chi connectivity index (χ0n) is 17.8. The zero-order valence-corrected chi connectivity index (χ0v) is 19.0. The van der Waals surface area contributed by atoms with Crippen LogP contribution in [0.25, 0.3) is 16.6 Å². The highest BCUT2D eigenvalue weighted by Crippen LogP contribution is 2.32. The van der Waals surface area contributed by atoms with Crippen molar-refractivity contribution in [1.29, 1.82) is 0 Å². The number of pyridine rings is 2. The number of fused-ring (bicyclic) bond motifs is 3. The molecule has 3 aromatic heterocycles. The van der Waals surface area contributed by atoms with Crippen LogP contribution in [0, 0.1) is 0 Å². The number of ether oxygens (including phenoxy) is 1. The van der Waals surface area contributed by atoms with E-state index in [2.05, 4.69) is 40.6 Å². The Morgan fingerprint density at radius 1 is 1.37 bits per heavy atom. The SMILES string of the molecule is CC.CC(C)(C)OC(=O)NCC(COP)Nc1c(N)c2nnnn2c2cnccc12. The summed E-state index contributed by atoms with van der Waals surface area (Å²) >= 11 is 0. The van der Waals surface area contributed by atoms with Gasteiger partial charge in [0, 0.05) is 27.6 Å². The van der Waals surface area contributed by atoms with Crippen LogP contribution < -0.4 is 16.4 Å². The summed E-state index contributed by atoms with van der Waals surface area (Å²) in [5.41, 5.74) is 7.86. The van der Waals surface area contributed by atoms with E-state index in [1.165, 1.54) is 4.52 Å². The van der Waals surface area contributed by atoms with Crippen molar-refractivity contribution in [3.8, 4) is 0 Å². The van der Waals surface area contributed by atoms with E-state index in [9.17, 15) is 4.79 Å². The Hall–Kier alpha value is -2.78. The zero-order chi connectivity index (χ0) is 22.3. The number of alkyl carbamates (subject to hydrolysis) is 1. The summed E-state index contributed by atoms with van der Waals surface area (Å²) in [6.07, 6.45) is 2.80. The van der Waals surface area contributed by atoms with Gasteiger partial charge in [-0.05, 0) is 37.3 Å². The number of amides is 1. The average molecular weight is 436 g/mol. The average Bonchev–Trinajstić information content (AvgIpc) is 3.20. The predicted octanol–water partition coefficient (Wildman–Crippen LogP) is 2.39. The van der Waals surface area contributed by atoms with E-state index in [1.54, 1.807) is 33.2 Å².